The molecule has 1 aromatic heterocycles. The molecule has 1 saturated carbocycles. The molecule has 4 rings (SSSR count). The molecule has 4 heteroatoms. The van der Waals surface area contributed by atoms with E-state index in [0.29, 0.717) is 11.6 Å². The number of thiophene rings is 1. The van der Waals surface area contributed by atoms with Crippen molar-refractivity contribution in [3.63, 3.8) is 0 Å². The van der Waals surface area contributed by atoms with Crippen LogP contribution in [0.4, 0.5) is 0 Å². The van der Waals surface area contributed by atoms with Gasteiger partial charge in [0.1, 0.15) is 0 Å². The van der Waals surface area contributed by atoms with Crippen LogP contribution < -0.4 is 5.32 Å². The summed E-state index contributed by atoms with van der Waals surface area (Å²) < 4.78 is 0. The van der Waals surface area contributed by atoms with E-state index in [9.17, 15) is 0 Å². The van der Waals surface area contributed by atoms with Crippen LogP contribution in [-0.4, -0.2) is 16.5 Å². The summed E-state index contributed by atoms with van der Waals surface area (Å²) in [6.07, 6.45) is 10.7. The van der Waals surface area contributed by atoms with Crippen molar-refractivity contribution in [2.24, 2.45) is 4.99 Å². The third kappa shape index (κ3) is 2.41. The van der Waals surface area contributed by atoms with E-state index >= 15 is 0 Å². The zero-order valence-corrected chi connectivity index (χ0v) is 13.5. The molecule has 1 aromatic rings. The standard InChI is InChI=1S/C16H22N2S2/c1-2-8-16(9-3-1)11-20-15(18-16)17-13-5-4-6-14-12(13)7-10-19-14/h7,10,13H,1-6,8-9,11H2,(H,17,18). The summed E-state index contributed by atoms with van der Waals surface area (Å²) in [6.45, 7) is 0. The van der Waals surface area contributed by atoms with Crippen LogP contribution in [0.3, 0.4) is 0 Å². The maximum atomic E-state index is 5.07. The first-order valence-electron chi connectivity index (χ1n) is 7.90. The van der Waals surface area contributed by atoms with E-state index in [1.165, 1.54) is 67.9 Å². The quantitative estimate of drug-likeness (QED) is 0.825. The summed E-state index contributed by atoms with van der Waals surface area (Å²) in [4.78, 5) is 6.64. The summed E-state index contributed by atoms with van der Waals surface area (Å²) in [5.74, 6) is 1.23. The number of hydrogen-bond acceptors (Lipinski definition) is 3. The summed E-state index contributed by atoms with van der Waals surface area (Å²) in [6, 6.07) is 2.71. The van der Waals surface area contributed by atoms with Crippen molar-refractivity contribution in [2.45, 2.75) is 62.9 Å². The normalized spacial score (nSPS) is 30.4. The molecule has 2 fully saturated rings. The molecule has 0 aromatic carbocycles. The minimum Gasteiger partial charge on any atom is -0.359 e. The second-order valence-electron chi connectivity index (χ2n) is 6.40. The first kappa shape index (κ1) is 13.2. The molecule has 1 spiro atoms. The maximum absolute atomic E-state index is 5.07. The maximum Gasteiger partial charge on any atom is 0.157 e. The van der Waals surface area contributed by atoms with Gasteiger partial charge in [-0.15, -0.1) is 11.3 Å². The van der Waals surface area contributed by atoms with Crippen molar-refractivity contribution in [3.8, 4) is 0 Å². The topological polar surface area (TPSA) is 24.4 Å². The summed E-state index contributed by atoms with van der Waals surface area (Å²) in [5.41, 5.74) is 1.88. The summed E-state index contributed by atoms with van der Waals surface area (Å²) in [7, 11) is 0. The molecule has 0 amide bonds. The molecule has 108 valence electrons. The monoisotopic (exact) mass is 306 g/mol. The Hall–Kier alpha value is -0.480. The molecule has 20 heavy (non-hydrogen) atoms. The largest absolute Gasteiger partial charge is 0.359 e. The molecular formula is C16H22N2S2. The fourth-order valence-corrected chi connectivity index (χ4v) is 6.06. The van der Waals surface area contributed by atoms with Crippen LogP contribution in [0.5, 0.6) is 0 Å². The van der Waals surface area contributed by atoms with Crippen molar-refractivity contribution >= 4 is 28.3 Å². The Morgan fingerprint density at radius 3 is 3.00 bits per heavy atom. The highest BCUT2D eigenvalue weighted by Gasteiger charge is 2.38. The Bertz CT molecular complexity index is 514. The van der Waals surface area contributed by atoms with E-state index < -0.39 is 0 Å². The number of aryl methyl sites for hydroxylation is 1. The fourth-order valence-electron chi connectivity index (χ4n) is 3.81. The van der Waals surface area contributed by atoms with Crippen LogP contribution in [0.2, 0.25) is 0 Å². The second kappa shape index (κ2) is 5.38. The Labute approximate surface area is 129 Å². The molecule has 2 heterocycles. The number of rotatable bonds is 1. The zero-order chi connectivity index (χ0) is 13.4. The van der Waals surface area contributed by atoms with Gasteiger partial charge < -0.3 is 5.32 Å². The van der Waals surface area contributed by atoms with Crippen LogP contribution in [0.25, 0.3) is 0 Å². The molecule has 2 aliphatic carbocycles. The van der Waals surface area contributed by atoms with Crippen LogP contribution in [0.15, 0.2) is 16.4 Å². The lowest BCUT2D eigenvalue weighted by atomic mass is 9.83. The van der Waals surface area contributed by atoms with E-state index in [4.69, 9.17) is 4.99 Å². The van der Waals surface area contributed by atoms with Gasteiger partial charge in [-0.1, -0.05) is 31.0 Å². The van der Waals surface area contributed by atoms with Crippen molar-refractivity contribution in [3.05, 3.63) is 21.9 Å². The van der Waals surface area contributed by atoms with Crippen molar-refractivity contribution in [1.82, 2.24) is 5.32 Å². The lowest BCUT2D eigenvalue weighted by Gasteiger charge is -2.32. The average Bonchev–Trinajstić information content (AvgIpc) is 3.08. The predicted molar refractivity (Wildman–Crippen MR) is 88.8 cm³/mol. The highest BCUT2D eigenvalue weighted by Crippen LogP contribution is 2.39. The van der Waals surface area contributed by atoms with Gasteiger partial charge in [0.05, 0.1) is 6.04 Å². The average molecular weight is 307 g/mol. The molecule has 1 saturated heterocycles. The number of amidine groups is 1. The van der Waals surface area contributed by atoms with Gasteiger partial charge in [-0.2, -0.15) is 0 Å². The number of aliphatic imine (C=N–C) groups is 1. The van der Waals surface area contributed by atoms with Gasteiger partial charge >= 0.3 is 0 Å². The molecule has 0 bridgehead atoms. The van der Waals surface area contributed by atoms with E-state index in [1.54, 1.807) is 4.88 Å². The first-order chi connectivity index (χ1) is 9.85. The first-order valence-corrected chi connectivity index (χ1v) is 9.76. The Morgan fingerprint density at radius 1 is 1.20 bits per heavy atom. The minimum atomic E-state index is 0.383. The number of fused-ring (bicyclic) bond motifs is 1. The number of hydrogen-bond donors (Lipinski definition) is 1. The lowest BCUT2D eigenvalue weighted by Crippen LogP contribution is -2.45. The van der Waals surface area contributed by atoms with Gasteiger partial charge in [0.25, 0.3) is 0 Å². The third-order valence-electron chi connectivity index (χ3n) is 4.96. The molecule has 2 nitrogen and oxygen atoms in total. The van der Waals surface area contributed by atoms with Gasteiger partial charge in [-0.05, 0) is 49.1 Å². The number of thioether (sulfide) groups is 1. The van der Waals surface area contributed by atoms with Gasteiger partial charge in [0.2, 0.25) is 0 Å². The van der Waals surface area contributed by atoms with Gasteiger partial charge in [0, 0.05) is 16.2 Å². The highest BCUT2D eigenvalue weighted by molar-refractivity contribution is 8.14. The van der Waals surface area contributed by atoms with Crippen molar-refractivity contribution in [2.75, 3.05) is 5.75 Å². The lowest BCUT2D eigenvalue weighted by molar-refractivity contribution is 0.303. The van der Waals surface area contributed by atoms with Gasteiger partial charge in [0.15, 0.2) is 5.17 Å². The Morgan fingerprint density at radius 2 is 2.10 bits per heavy atom. The van der Waals surface area contributed by atoms with Crippen LogP contribution in [0.1, 0.15) is 61.4 Å². The fraction of sp³-hybridized carbons (Fsp3) is 0.688. The molecule has 1 N–H and O–H groups in total. The molecule has 1 unspecified atom stereocenters. The smallest absolute Gasteiger partial charge is 0.157 e. The SMILES string of the molecule is c1cc2c(s1)CCCC2N=C1NC2(CCCCC2)CS1. The number of nitrogens with one attached hydrogen (secondary N) is 1. The summed E-state index contributed by atoms with van der Waals surface area (Å²) in [5, 5.41) is 7.25. The zero-order valence-electron chi connectivity index (χ0n) is 11.9. The van der Waals surface area contributed by atoms with Crippen molar-refractivity contribution < 1.29 is 0 Å². The molecular weight excluding hydrogens is 284 g/mol. The second-order valence-corrected chi connectivity index (χ2v) is 8.36. The van der Waals surface area contributed by atoms with Crippen molar-refractivity contribution in [1.29, 1.82) is 0 Å². The predicted octanol–water partition coefficient (Wildman–Crippen LogP) is 4.52. The molecule has 3 aliphatic rings. The Balaban J connectivity index is 1.52. The molecule has 0 radical (unpaired) electrons. The third-order valence-corrected chi connectivity index (χ3v) is 7.14. The summed E-state index contributed by atoms with van der Waals surface area (Å²) >= 11 is 3.87. The van der Waals surface area contributed by atoms with Crippen LogP contribution in [-0.2, 0) is 6.42 Å². The Kier molecular flexibility index (Phi) is 3.55. The highest BCUT2D eigenvalue weighted by atomic mass is 32.2. The van der Waals surface area contributed by atoms with Crippen LogP contribution >= 0.6 is 23.1 Å². The van der Waals surface area contributed by atoms with E-state index in [1.807, 2.05) is 23.1 Å². The van der Waals surface area contributed by atoms with Gasteiger partial charge in [-0.25, -0.2) is 0 Å². The van der Waals surface area contributed by atoms with E-state index in [0.717, 1.165) is 0 Å². The van der Waals surface area contributed by atoms with E-state index in [2.05, 4.69) is 16.8 Å². The van der Waals surface area contributed by atoms with Gasteiger partial charge in [-0.3, -0.25) is 4.99 Å². The number of nitrogens with zero attached hydrogens (tertiary/aromatic N) is 1. The minimum absolute atomic E-state index is 0.383. The molecule has 1 aliphatic heterocycles. The molecule has 1 atom stereocenters. The van der Waals surface area contributed by atoms with E-state index in [-0.39, 0.29) is 0 Å². The van der Waals surface area contributed by atoms with Crippen LogP contribution in [0, 0.1) is 0 Å².